The Morgan fingerprint density at radius 2 is 1.26 bits per heavy atom. The summed E-state index contributed by atoms with van der Waals surface area (Å²) in [7, 11) is 0. The number of nitrogens with zero attached hydrogens (tertiary/aromatic N) is 1. The number of aromatic nitrogens is 2. The molecule has 70 heavy (non-hydrogen) atoms. The van der Waals surface area contributed by atoms with Gasteiger partial charge in [-0.1, -0.05) is 104 Å². The van der Waals surface area contributed by atoms with Crippen LogP contribution in [0.2, 0.25) is 0 Å². The maximum Gasteiger partial charge on any atom is 0.306 e. The third kappa shape index (κ3) is 34.7. The number of H-pyrrole nitrogens is 1. The van der Waals surface area contributed by atoms with Crippen LogP contribution in [0.3, 0.4) is 0 Å². The van der Waals surface area contributed by atoms with Gasteiger partial charge in [-0.15, -0.1) is 0 Å². The second kappa shape index (κ2) is 42.2. The Balaban J connectivity index is 2.05. The average Bonchev–Trinajstić information content (AvgIpc) is 3.85. The largest absolute Gasteiger partial charge is 0.513 e. The predicted molar refractivity (Wildman–Crippen MR) is 266 cm³/mol. The number of hydrogen-bond acceptors (Lipinski definition) is 14. The van der Waals surface area contributed by atoms with Gasteiger partial charge in [-0.25, -0.2) is 4.98 Å². The summed E-state index contributed by atoms with van der Waals surface area (Å²) in [5.74, 6) is -4.82. The van der Waals surface area contributed by atoms with Gasteiger partial charge in [0.1, 0.15) is 31.5 Å². The van der Waals surface area contributed by atoms with Gasteiger partial charge in [0.2, 0.25) is 17.7 Å². The molecule has 2 unspecified atom stereocenters. The summed E-state index contributed by atoms with van der Waals surface area (Å²) >= 11 is 0. The zero-order valence-electron chi connectivity index (χ0n) is 42.4. The van der Waals surface area contributed by atoms with E-state index in [9.17, 15) is 43.8 Å². The van der Waals surface area contributed by atoms with E-state index in [0.717, 1.165) is 25.0 Å². The van der Waals surface area contributed by atoms with Gasteiger partial charge >= 0.3 is 5.97 Å². The summed E-state index contributed by atoms with van der Waals surface area (Å²) in [4.78, 5) is 93.7. The molecule has 8 N–H and O–H groups in total. The number of aliphatic hydroxyl groups is 1. The van der Waals surface area contributed by atoms with Crippen LogP contribution in [0.5, 0.6) is 0 Å². The lowest BCUT2D eigenvalue weighted by molar-refractivity contribution is -0.144. The Hall–Kier alpha value is -4.56. The van der Waals surface area contributed by atoms with Crippen molar-refractivity contribution in [2.24, 2.45) is 23.5 Å². The molecule has 0 aromatic carbocycles. The number of carboxylic acid groups (broad SMARTS) is 1. The molecule has 1 heterocycles. The van der Waals surface area contributed by atoms with Gasteiger partial charge in [0, 0.05) is 75.3 Å². The minimum atomic E-state index is -1.08. The van der Waals surface area contributed by atoms with Gasteiger partial charge in [-0.2, -0.15) is 0 Å². The Morgan fingerprint density at radius 3 is 1.84 bits per heavy atom. The fourth-order valence-electron chi connectivity index (χ4n) is 7.79. The molecule has 0 radical (unpaired) electrons. The van der Waals surface area contributed by atoms with E-state index in [2.05, 4.69) is 39.4 Å². The molecule has 0 fully saturated rings. The lowest BCUT2D eigenvalue weighted by atomic mass is 9.79. The number of carboxylic acids is 1. The minimum Gasteiger partial charge on any atom is -0.513 e. The Bertz CT molecular complexity index is 1610. The van der Waals surface area contributed by atoms with Crippen LogP contribution < -0.4 is 21.7 Å². The zero-order chi connectivity index (χ0) is 51.6. The first-order valence-corrected chi connectivity index (χ1v) is 25.8. The molecule has 400 valence electrons. The Labute approximate surface area is 416 Å². The standard InChI is InChI=1S/C51H88N6O13/c1-4-5-6-7-8-9-10-11-12-13-14-15-16-19-43(59)32-41(51(65)66)22-24-47(61)57-38-70-31-30-69-36-49(63)55-26-27-67-28-29-68-35-48(62)54-25-18-17-20-44(46(60)23-21-39(2)58)40(3)50(64)45(52)33-42-34-53-37-56-42/h34,37,40-41,44-45,58H,2,4-33,35-36,38,52H2,1,3H3,(H,53,56)(H,54,62)(H,55,63)(H,57,61)(H,65,66)/t40?,41?,44-,45+/m1/s1. The highest BCUT2D eigenvalue weighted by molar-refractivity contribution is 5.92. The summed E-state index contributed by atoms with van der Waals surface area (Å²) in [5.41, 5.74) is 6.89. The van der Waals surface area contributed by atoms with Gasteiger partial charge in [0.25, 0.3) is 0 Å². The number of aromatic amines is 1. The number of Topliss-reactive ketones (excluding diaryl/α,β-unsaturated/α-hetero) is 3. The second-order valence-electron chi connectivity index (χ2n) is 18.1. The molecule has 0 bridgehead atoms. The van der Waals surface area contributed by atoms with Crippen molar-refractivity contribution >= 4 is 41.0 Å². The third-order valence-electron chi connectivity index (χ3n) is 12.0. The van der Waals surface area contributed by atoms with Crippen molar-refractivity contribution < 1.29 is 62.7 Å². The summed E-state index contributed by atoms with van der Waals surface area (Å²) in [6, 6.07) is -0.804. The van der Waals surface area contributed by atoms with Crippen molar-refractivity contribution in [2.75, 3.05) is 66.1 Å². The van der Waals surface area contributed by atoms with E-state index in [4.69, 9.17) is 24.7 Å². The van der Waals surface area contributed by atoms with Gasteiger partial charge < -0.3 is 55.8 Å². The van der Waals surface area contributed by atoms with Crippen LogP contribution in [0.25, 0.3) is 0 Å². The Kier molecular flexibility index (Phi) is 38.2. The molecule has 3 amide bonds. The van der Waals surface area contributed by atoms with Crippen LogP contribution in [0.15, 0.2) is 24.9 Å². The molecule has 0 aliphatic rings. The average molecular weight is 993 g/mol. The zero-order valence-corrected chi connectivity index (χ0v) is 42.4. The van der Waals surface area contributed by atoms with E-state index in [1.165, 1.54) is 70.5 Å². The first kappa shape index (κ1) is 63.5. The maximum atomic E-state index is 13.1. The van der Waals surface area contributed by atoms with Crippen LogP contribution in [0, 0.1) is 17.8 Å². The number of amides is 3. The number of allylic oxidation sites excluding steroid dienone is 1. The molecule has 1 aromatic heterocycles. The highest BCUT2D eigenvalue weighted by Crippen LogP contribution is 2.25. The highest BCUT2D eigenvalue weighted by atomic mass is 16.5. The van der Waals surface area contributed by atoms with Crippen LogP contribution in [0.4, 0.5) is 0 Å². The number of aliphatic carboxylic acids is 1. The summed E-state index contributed by atoms with van der Waals surface area (Å²) in [6.07, 6.45) is 21.1. The second-order valence-corrected chi connectivity index (χ2v) is 18.1. The normalized spacial score (nSPS) is 13.0. The molecule has 1 aromatic rings. The lowest BCUT2D eigenvalue weighted by Gasteiger charge is -2.24. The summed E-state index contributed by atoms with van der Waals surface area (Å²) in [6.45, 7) is 8.26. The fourth-order valence-corrected chi connectivity index (χ4v) is 7.79. The number of hydrogen-bond donors (Lipinski definition) is 7. The quantitative estimate of drug-likeness (QED) is 0.0224. The number of carbonyl (C=O) groups excluding carboxylic acids is 6. The van der Waals surface area contributed by atoms with E-state index < -0.39 is 29.8 Å². The van der Waals surface area contributed by atoms with Crippen molar-refractivity contribution in [1.29, 1.82) is 0 Å². The molecule has 0 aliphatic heterocycles. The SMILES string of the molecule is C=C(O)CCC(=O)[C@H](CCCCNC(=O)COCCOCCNC(=O)COCCOCNC(=O)CCC(CC(=O)CCCCCCCCCCCCCCC)C(=O)O)C(C)C(=O)[C@@H](N)Cc1cnc[nH]1. The van der Waals surface area contributed by atoms with Crippen molar-refractivity contribution in [1.82, 2.24) is 25.9 Å². The molecule has 0 aliphatic carbocycles. The van der Waals surface area contributed by atoms with Gasteiger partial charge in [-0.3, -0.25) is 33.6 Å². The van der Waals surface area contributed by atoms with E-state index in [0.29, 0.717) is 32.2 Å². The number of unbranched alkanes of at least 4 members (excludes halogenated alkanes) is 13. The maximum absolute atomic E-state index is 13.1. The summed E-state index contributed by atoms with van der Waals surface area (Å²) < 4.78 is 21.4. The van der Waals surface area contributed by atoms with Gasteiger partial charge in [0.05, 0.1) is 57.1 Å². The molecule has 1 rings (SSSR count). The number of imidazole rings is 1. The van der Waals surface area contributed by atoms with Crippen LogP contribution in [-0.2, 0) is 58.9 Å². The number of ketones is 3. The molecule has 19 heteroatoms. The molecule has 4 atom stereocenters. The molecular formula is C51H88N6O13. The fraction of sp³-hybridized carbons (Fsp3) is 0.765. The van der Waals surface area contributed by atoms with E-state index in [-0.39, 0.29) is 139 Å². The first-order valence-electron chi connectivity index (χ1n) is 25.8. The molecule has 19 nitrogen and oxygen atoms in total. The molecule has 0 saturated heterocycles. The van der Waals surface area contributed by atoms with Crippen molar-refractivity contribution in [3.05, 3.63) is 30.6 Å². The van der Waals surface area contributed by atoms with Crippen LogP contribution in [-0.4, -0.2) is 133 Å². The monoisotopic (exact) mass is 993 g/mol. The number of ether oxygens (including phenoxy) is 4. The smallest absolute Gasteiger partial charge is 0.306 e. The molecular weight excluding hydrogens is 905 g/mol. The number of nitrogens with one attached hydrogen (secondary N) is 4. The first-order chi connectivity index (χ1) is 33.7. The lowest BCUT2D eigenvalue weighted by Crippen LogP contribution is -2.41. The van der Waals surface area contributed by atoms with Gasteiger partial charge in [0.15, 0.2) is 5.78 Å². The van der Waals surface area contributed by atoms with Crippen LogP contribution in [0.1, 0.15) is 161 Å². The topological polar surface area (TPSA) is 288 Å². The van der Waals surface area contributed by atoms with E-state index in [1.54, 1.807) is 13.1 Å². The van der Waals surface area contributed by atoms with Crippen LogP contribution >= 0.6 is 0 Å². The van der Waals surface area contributed by atoms with Gasteiger partial charge in [-0.05, 0) is 25.7 Å². The predicted octanol–water partition coefficient (Wildman–Crippen LogP) is 5.99. The third-order valence-corrected chi connectivity index (χ3v) is 12.0. The highest BCUT2D eigenvalue weighted by Gasteiger charge is 2.32. The van der Waals surface area contributed by atoms with Crippen molar-refractivity contribution in [3.63, 3.8) is 0 Å². The molecule has 0 spiro atoms. The molecule has 0 saturated carbocycles. The summed E-state index contributed by atoms with van der Waals surface area (Å²) in [5, 5.41) is 27.1. The van der Waals surface area contributed by atoms with Crippen molar-refractivity contribution in [2.45, 2.75) is 168 Å². The number of carbonyl (C=O) groups is 7. The number of rotatable bonds is 49. The number of nitrogens with two attached hydrogens (primary N) is 1. The van der Waals surface area contributed by atoms with E-state index >= 15 is 0 Å². The number of aliphatic hydroxyl groups excluding tert-OH is 1. The Morgan fingerprint density at radius 1 is 0.671 bits per heavy atom. The van der Waals surface area contributed by atoms with Crippen molar-refractivity contribution in [3.8, 4) is 0 Å². The van der Waals surface area contributed by atoms with E-state index in [1.807, 2.05) is 0 Å². The minimum absolute atomic E-state index is 0.0455.